The van der Waals surface area contributed by atoms with E-state index >= 15 is 0 Å². The summed E-state index contributed by atoms with van der Waals surface area (Å²) in [5.74, 6) is -3.72. The first-order valence-electron chi connectivity index (χ1n) is 8.33. The highest BCUT2D eigenvalue weighted by Crippen LogP contribution is 2.20. The van der Waals surface area contributed by atoms with Gasteiger partial charge in [-0.15, -0.1) is 0 Å². The molecule has 0 radical (unpaired) electrons. The maximum Gasteiger partial charge on any atom is 0.326 e. The fourth-order valence-corrected chi connectivity index (χ4v) is 2.99. The number of aromatic nitrogens is 1. The lowest BCUT2D eigenvalue weighted by Crippen LogP contribution is -2.49. The quantitative estimate of drug-likeness (QED) is 0.336. The van der Waals surface area contributed by atoms with E-state index in [-0.39, 0.29) is 18.9 Å². The molecule has 1 unspecified atom stereocenters. The number of carboxylic acid groups (broad SMARTS) is 1. The number of benzene rings is 1. The van der Waals surface area contributed by atoms with Crippen LogP contribution in [0.25, 0.3) is 10.9 Å². The molecule has 0 spiro atoms. The minimum absolute atomic E-state index is 0.0857. The van der Waals surface area contributed by atoms with Crippen LogP contribution in [0.1, 0.15) is 19.4 Å². The minimum atomic E-state index is -1.18. The van der Waals surface area contributed by atoms with Gasteiger partial charge in [-0.25, -0.2) is 4.79 Å². The van der Waals surface area contributed by atoms with Crippen molar-refractivity contribution >= 4 is 28.6 Å². The summed E-state index contributed by atoms with van der Waals surface area (Å²) in [5.41, 5.74) is 3.38. The molecule has 1 amide bonds. The van der Waals surface area contributed by atoms with E-state index in [0.29, 0.717) is 0 Å². The Bertz CT molecular complexity index is 799. The van der Waals surface area contributed by atoms with E-state index in [1.807, 2.05) is 24.3 Å². The number of amides is 1. The average molecular weight is 361 g/mol. The molecule has 2 rings (SSSR count). The zero-order chi connectivity index (χ0) is 19.3. The number of fused-ring (bicyclic) bond motifs is 1. The van der Waals surface area contributed by atoms with Crippen LogP contribution in [-0.2, 0) is 20.8 Å². The average Bonchev–Trinajstić information content (AvgIpc) is 2.97. The molecular weight excluding hydrogens is 338 g/mol. The lowest BCUT2D eigenvalue weighted by atomic mass is 9.90. The number of hydrogen-bond donors (Lipinski definition) is 5. The summed E-state index contributed by atoms with van der Waals surface area (Å²) in [5, 5.41) is 21.5. The molecule has 26 heavy (non-hydrogen) atoms. The molecule has 5 N–H and O–H groups in total. The predicted octanol–water partition coefficient (Wildman–Crippen LogP) is 1.10. The van der Waals surface area contributed by atoms with E-state index in [1.165, 1.54) is 0 Å². The first kappa shape index (κ1) is 19.6. The van der Waals surface area contributed by atoms with E-state index in [1.54, 1.807) is 25.5 Å². The number of hydrogen-bond acceptors (Lipinski definition) is 5. The number of Topliss-reactive ketones (excluding diaryl/α,β-unsaturated/α-hetero) is 1. The highest BCUT2D eigenvalue weighted by molar-refractivity contribution is 6.03. The second kappa shape index (κ2) is 8.59. The number of ketones is 1. The Balaban J connectivity index is 2.18. The Labute approximate surface area is 150 Å². The van der Waals surface area contributed by atoms with Crippen molar-refractivity contribution in [1.82, 2.24) is 15.8 Å². The van der Waals surface area contributed by atoms with Crippen molar-refractivity contribution in [3.05, 3.63) is 36.0 Å². The van der Waals surface area contributed by atoms with Gasteiger partial charge in [0.1, 0.15) is 12.0 Å². The van der Waals surface area contributed by atoms with Gasteiger partial charge < -0.3 is 20.6 Å². The van der Waals surface area contributed by atoms with Crippen LogP contribution in [0.15, 0.2) is 30.5 Å². The zero-order valence-corrected chi connectivity index (χ0v) is 14.7. The SMILES string of the molecule is CC(C)C(C(=O)CNO)C(=O)N[C@@H](Cc1c[nH]c2ccccc12)C(=O)O. The van der Waals surface area contributed by atoms with E-state index in [4.69, 9.17) is 5.21 Å². The summed E-state index contributed by atoms with van der Waals surface area (Å²) in [7, 11) is 0. The van der Waals surface area contributed by atoms with Crippen molar-refractivity contribution in [3.8, 4) is 0 Å². The Morgan fingerprint density at radius 1 is 1.19 bits per heavy atom. The molecule has 0 aliphatic rings. The van der Waals surface area contributed by atoms with Gasteiger partial charge in [0.25, 0.3) is 0 Å². The lowest BCUT2D eigenvalue weighted by molar-refractivity contribution is -0.144. The topological polar surface area (TPSA) is 132 Å². The van der Waals surface area contributed by atoms with Gasteiger partial charge in [0.05, 0.1) is 6.54 Å². The normalized spacial score (nSPS) is 13.5. The third-order valence-electron chi connectivity index (χ3n) is 4.26. The summed E-state index contributed by atoms with van der Waals surface area (Å²) in [6.45, 7) is 3.00. The van der Waals surface area contributed by atoms with Crippen molar-refractivity contribution in [3.63, 3.8) is 0 Å². The number of aromatic amines is 1. The van der Waals surface area contributed by atoms with Gasteiger partial charge >= 0.3 is 5.97 Å². The summed E-state index contributed by atoms with van der Waals surface area (Å²) in [6, 6.07) is 6.30. The number of para-hydroxylation sites is 1. The van der Waals surface area contributed by atoms with Crippen molar-refractivity contribution < 1.29 is 24.7 Å². The summed E-state index contributed by atoms with van der Waals surface area (Å²) >= 11 is 0. The predicted molar refractivity (Wildman–Crippen MR) is 94.7 cm³/mol. The molecule has 0 saturated carbocycles. The molecule has 140 valence electrons. The highest BCUT2D eigenvalue weighted by Gasteiger charge is 2.32. The summed E-state index contributed by atoms with van der Waals surface area (Å²) in [6.07, 6.45) is 1.80. The number of nitrogens with one attached hydrogen (secondary N) is 3. The first-order chi connectivity index (χ1) is 12.3. The van der Waals surface area contributed by atoms with Gasteiger partial charge in [-0.1, -0.05) is 32.0 Å². The number of carbonyl (C=O) groups is 3. The third-order valence-corrected chi connectivity index (χ3v) is 4.26. The van der Waals surface area contributed by atoms with Crippen LogP contribution in [0.3, 0.4) is 0 Å². The molecule has 8 heteroatoms. The highest BCUT2D eigenvalue weighted by atomic mass is 16.5. The summed E-state index contributed by atoms with van der Waals surface area (Å²) in [4.78, 5) is 39.2. The number of rotatable bonds is 9. The molecule has 1 aromatic heterocycles. The van der Waals surface area contributed by atoms with E-state index in [0.717, 1.165) is 16.5 Å². The largest absolute Gasteiger partial charge is 0.480 e. The molecule has 0 fully saturated rings. The molecular formula is C18H23N3O5. The zero-order valence-electron chi connectivity index (χ0n) is 14.7. The smallest absolute Gasteiger partial charge is 0.326 e. The van der Waals surface area contributed by atoms with Gasteiger partial charge in [-0.3, -0.25) is 9.59 Å². The second-order valence-electron chi connectivity index (χ2n) is 6.49. The Hall–Kier alpha value is -2.71. The number of carboxylic acids is 1. The van der Waals surface area contributed by atoms with Crippen LogP contribution in [0.5, 0.6) is 0 Å². The van der Waals surface area contributed by atoms with Gasteiger partial charge in [-0.05, 0) is 17.5 Å². The van der Waals surface area contributed by atoms with Crippen LogP contribution in [0.2, 0.25) is 0 Å². The molecule has 2 atom stereocenters. The number of carbonyl (C=O) groups excluding carboxylic acids is 2. The maximum absolute atomic E-state index is 12.5. The number of aliphatic carboxylic acids is 1. The molecule has 2 aromatic rings. The third kappa shape index (κ3) is 4.47. The van der Waals surface area contributed by atoms with Gasteiger partial charge in [0.15, 0.2) is 5.78 Å². The van der Waals surface area contributed by atoms with Crippen molar-refractivity contribution in [2.75, 3.05) is 6.54 Å². The van der Waals surface area contributed by atoms with Crippen LogP contribution >= 0.6 is 0 Å². The number of H-pyrrole nitrogens is 1. The maximum atomic E-state index is 12.5. The van der Waals surface area contributed by atoms with E-state index in [9.17, 15) is 19.5 Å². The fourth-order valence-electron chi connectivity index (χ4n) is 2.99. The number of hydroxylamine groups is 1. The molecule has 0 aliphatic heterocycles. The summed E-state index contributed by atoms with van der Waals surface area (Å²) < 4.78 is 0. The molecule has 1 aromatic carbocycles. The van der Waals surface area contributed by atoms with Crippen LogP contribution in [0.4, 0.5) is 0 Å². The first-order valence-corrected chi connectivity index (χ1v) is 8.33. The molecule has 1 heterocycles. The molecule has 0 saturated heterocycles. The monoisotopic (exact) mass is 361 g/mol. The standard InChI is InChI=1S/C18H23N3O5/c1-10(2)16(15(22)9-20-26)17(23)21-14(18(24)25)7-11-8-19-13-6-4-3-5-12(11)13/h3-6,8,10,14,16,19-20,26H,7,9H2,1-2H3,(H,21,23)(H,24,25)/t14-,16?/m0/s1. The van der Waals surface area contributed by atoms with E-state index < -0.39 is 29.6 Å². The molecule has 8 nitrogen and oxygen atoms in total. The Kier molecular flexibility index (Phi) is 6.48. The van der Waals surface area contributed by atoms with Gasteiger partial charge in [-0.2, -0.15) is 5.48 Å². The lowest BCUT2D eigenvalue weighted by Gasteiger charge is -2.22. The fraction of sp³-hybridized carbons (Fsp3) is 0.389. The van der Waals surface area contributed by atoms with Crippen molar-refractivity contribution in [1.29, 1.82) is 0 Å². The molecule has 0 bridgehead atoms. The van der Waals surface area contributed by atoms with Crippen molar-refractivity contribution in [2.24, 2.45) is 11.8 Å². The second-order valence-corrected chi connectivity index (χ2v) is 6.49. The van der Waals surface area contributed by atoms with Gasteiger partial charge in [0, 0.05) is 23.5 Å². The van der Waals surface area contributed by atoms with Crippen LogP contribution < -0.4 is 10.8 Å². The molecule has 0 aliphatic carbocycles. The Morgan fingerprint density at radius 2 is 1.88 bits per heavy atom. The van der Waals surface area contributed by atoms with Crippen LogP contribution in [-0.4, -0.2) is 45.5 Å². The minimum Gasteiger partial charge on any atom is -0.480 e. The Morgan fingerprint density at radius 3 is 2.50 bits per heavy atom. The van der Waals surface area contributed by atoms with Crippen molar-refractivity contribution in [2.45, 2.75) is 26.3 Å². The van der Waals surface area contributed by atoms with E-state index in [2.05, 4.69) is 10.3 Å². The van der Waals surface area contributed by atoms with Gasteiger partial charge in [0.2, 0.25) is 5.91 Å². The van der Waals surface area contributed by atoms with Crippen LogP contribution in [0, 0.1) is 11.8 Å².